The Bertz CT molecular complexity index is 490. The fourth-order valence-corrected chi connectivity index (χ4v) is 3.14. The third kappa shape index (κ3) is 3.89. The van der Waals surface area contributed by atoms with Crippen molar-refractivity contribution < 1.29 is 4.79 Å². The van der Waals surface area contributed by atoms with E-state index in [9.17, 15) is 4.79 Å². The van der Waals surface area contributed by atoms with Crippen molar-refractivity contribution in [1.29, 1.82) is 0 Å². The first-order chi connectivity index (χ1) is 9.88. The highest BCUT2D eigenvalue weighted by atomic mass is 35.5. The molecule has 0 aromatic heterocycles. The van der Waals surface area contributed by atoms with E-state index in [4.69, 9.17) is 17.3 Å². The molecule has 0 unspecified atom stereocenters. The van der Waals surface area contributed by atoms with Crippen LogP contribution in [0.15, 0.2) is 18.2 Å². The Morgan fingerprint density at radius 1 is 1.33 bits per heavy atom. The molecular weight excluding hydrogens is 286 g/mol. The number of amides is 1. The predicted molar refractivity (Wildman–Crippen MR) is 87.7 cm³/mol. The van der Waals surface area contributed by atoms with E-state index in [0.717, 1.165) is 25.9 Å². The van der Waals surface area contributed by atoms with Gasteiger partial charge in [0.1, 0.15) is 0 Å². The maximum Gasteiger partial charge on any atom is 0.253 e. The molecular formula is C16H24ClN3O. The number of piperidine rings is 1. The lowest BCUT2D eigenvalue weighted by Gasteiger charge is -2.38. The Kier molecular flexibility index (Phi) is 5.12. The number of halogens is 1. The molecule has 1 saturated heterocycles. The molecule has 0 spiro atoms. The molecule has 0 atom stereocenters. The minimum atomic E-state index is -0.00723. The summed E-state index contributed by atoms with van der Waals surface area (Å²) >= 11 is 5.98. The van der Waals surface area contributed by atoms with Gasteiger partial charge in [-0.3, -0.25) is 4.79 Å². The molecule has 1 aromatic rings. The van der Waals surface area contributed by atoms with Gasteiger partial charge in [-0.25, -0.2) is 0 Å². The van der Waals surface area contributed by atoms with Crippen LogP contribution in [0.5, 0.6) is 0 Å². The third-order valence-electron chi connectivity index (χ3n) is 4.26. The van der Waals surface area contributed by atoms with Crippen molar-refractivity contribution >= 4 is 23.2 Å². The summed E-state index contributed by atoms with van der Waals surface area (Å²) in [6, 6.07) is 5.88. The summed E-state index contributed by atoms with van der Waals surface area (Å²) in [5.74, 6) is -0.00723. The second-order valence-corrected chi connectivity index (χ2v) is 6.49. The van der Waals surface area contributed by atoms with Crippen LogP contribution < -0.4 is 5.73 Å². The molecule has 0 saturated carbocycles. The minimum Gasteiger partial charge on any atom is -0.399 e. The van der Waals surface area contributed by atoms with Crippen LogP contribution in [0.1, 0.15) is 37.0 Å². The highest BCUT2D eigenvalue weighted by Crippen LogP contribution is 2.22. The second-order valence-electron chi connectivity index (χ2n) is 6.05. The zero-order valence-electron chi connectivity index (χ0n) is 13.0. The predicted octanol–water partition coefficient (Wildman–Crippen LogP) is 2.87. The Labute approximate surface area is 131 Å². The Hall–Kier alpha value is -1.26. The van der Waals surface area contributed by atoms with E-state index in [1.54, 1.807) is 18.2 Å². The molecule has 5 heteroatoms. The van der Waals surface area contributed by atoms with E-state index in [-0.39, 0.29) is 11.9 Å². The van der Waals surface area contributed by atoms with Crippen LogP contribution in [-0.4, -0.2) is 47.9 Å². The number of anilines is 1. The molecule has 2 rings (SSSR count). The minimum absolute atomic E-state index is 0.00723. The number of carbonyl (C=O) groups is 1. The van der Waals surface area contributed by atoms with Gasteiger partial charge in [-0.1, -0.05) is 11.6 Å². The van der Waals surface area contributed by atoms with E-state index in [0.29, 0.717) is 22.3 Å². The zero-order chi connectivity index (χ0) is 15.6. The number of nitrogen functional groups attached to an aromatic ring is 1. The summed E-state index contributed by atoms with van der Waals surface area (Å²) in [6.45, 7) is 6.50. The lowest BCUT2D eigenvalue weighted by molar-refractivity contribution is 0.0615. The van der Waals surface area contributed by atoms with Crippen molar-refractivity contribution in [3.05, 3.63) is 28.8 Å². The van der Waals surface area contributed by atoms with Gasteiger partial charge >= 0.3 is 0 Å². The van der Waals surface area contributed by atoms with Crippen LogP contribution in [-0.2, 0) is 0 Å². The monoisotopic (exact) mass is 309 g/mol. The number of carbonyl (C=O) groups excluding carboxylic acids is 1. The summed E-state index contributed by atoms with van der Waals surface area (Å²) < 4.78 is 0. The average Bonchev–Trinajstić information content (AvgIpc) is 2.44. The third-order valence-corrected chi connectivity index (χ3v) is 4.48. The van der Waals surface area contributed by atoms with Crippen LogP contribution in [0.2, 0.25) is 5.02 Å². The molecule has 1 aliphatic heterocycles. The quantitative estimate of drug-likeness (QED) is 0.874. The Balaban J connectivity index is 2.03. The summed E-state index contributed by atoms with van der Waals surface area (Å²) in [7, 11) is 1.87. The van der Waals surface area contributed by atoms with Gasteiger partial charge in [0.15, 0.2) is 0 Å². The summed E-state index contributed by atoms with van der Waals surface area (Å²) in [5.41, 5.74) is 6.85. The Morgan fingerprint density at radius 2 is 1.95 bits per heavy atom. The van der Waals surface area contributed by atoms with Gasteiger partial charge in [0, 0.05) is 48.5 Å². The van der Waals surface area contributed by atoms with Crippen molar-refractivity contribution in [3.8, 4) is 0 Å². The second kappa shape index (κ2) is 6.67. The topological polar surface area (TPSA) is 49.6 Å². The smallest absolute Gasteiger partial charge is 0.253 e. The van der Waals surface area contributed by atoms with Crippen molar-refractivity contribution in [1.82, 2.24) is 9.80 Å². The fraction of sp³-hybridized carbons (Fsp3) is 0.562. The largest absolute Gasteiger partial charge is 0.399 e. The van der Waals surface area contributed by atoms with Crippen LogP contribution in [0.3, 0.4) is 0 Å². The molecule has 0 bridgehead atoms. The van der Waals surface area contributed by atoms with Gasteiger partial charge in [0.05, 0.1) is 0 Å². The molecule has 1 aliphatic rings. The van der Waals surface area contributed by atoms with E-state index in [2.05, 4.69) is 18.7 Å². The van der Waals surface area contributed by atoms with Crippen molar-refractivity contribution in [2.24, 2.45) is 0 Å². The van der Waals surface area contributed by atoms with E-state index >= 15 is 0 Å². The standard InChI is InChI=1S/C16H24ClN3O/c1-11(2)20-6-4-15(5-7-20)19(3)16(21)12-8-13(17)10-14(18)9-12/h8-11,15H,4-7,18H2,1-3H3. The number of hydrogen-bond acceptors (Lipinski definition) is 3. The fourth-order valence-electron chi connectivity index (χ4n) is 2.89. The maximum absolute atomic E-state index is 12.6. The lowest BCUT2D eigenvalue weighted by atomic mass is 10.0. The molecule has 0 radical (unpaired) electrons. The van der Waals surface area contributed by atoms with Crippen molar-refractivity contribution in [2.45, 2.75) is 38.8 Å². The Morgan fingerprint density at radius 3 is 2.48 bits per heavy atom. The normalized spacial score (nSPS) is 17.2. The number of nitrogens with zero attached hydrogens (tertiary/aromatic N) is 2. The van der Waals surface area contributed by atoms with Crippen LogP contribution >= 0.6 is 11.6 Å². The van der Waals surface area contributed by atoms with Crippen LogP contribution in [0.25, 0.3) is 0 Å². The number of benzene rings is 1. The molecule has 1 amide bonds. The molecule has 1 heterocycles. The maximum atomic E-state index is 12.6. The summed E-state index contributed by atoms with van der Waals surface area (Å²) in [5, 5.41) is 0.501. The van der Waals surface area contributed by atoms with Gasteiger partial charge in [-0.2, -0.15) is 0 Å². The van der Waals surface area contributed by atoms with Crippen molar-refractivity contribution in [2.75, 3.05) is 25.9 Å². The molecule has 1 fully saturated rings. The van der Waals surface area contributed by atoms with Crippen LogP contribution in [0.4, 0.5) is 5.69 Å². The molecule has 1 aromatic carbocycles. The highest BCUT2D eigenvalue weighted by molar-refractivity contribution is 6.31. The molecule has 21 heavy (non-hydrogen) atoms. The zero-order valence-corrected chi connectivity index (χ0v) is 13.7. The molecule has 116 valence electrons. The van der Waals surface area contributed by atoms with E-state index in [1.807, 2.05) is 11.9 Å². The average molecular weight is 310 g/mol. The van der Waals surface area contributed by atoms with E-state index < -0.39 is 0 Å². The highest BCUT2D eigenvalue weighted by Gasteiger charge is 2.27. The molecule has 2 N–H and O–H groups in total. The number of nitrogens with two attached hydrogens (primary N) is 1. The number of likely N-dealkylation sites (tertiary alicyclic amines) is 1. The van der Waals surface area contributed by atoms with Gasteiger partial charge in [-0.05, 0) is 44.9 Å². The van der Waals surface area contributed by atoms with Gasteiger partial charge in [0.2, 0.25) is 0 Å². The number of rotatable bonds is 3. The molecule has 0 aliphatic carbocycles. The molecule has 4 nitrogen and oxygen atoms in total. The summed E-state index contributed by atoms with van der Waals surface area (Å²) in [6.07, 6.45) is 2.02. The summed E-state index contributed by atoms with van der Waals surface area (Å²) in [4.78, 5) is 16.8. The van der Waals surface area contributed by atoms with E-state index in [1.165, 1.54) is 0 Å². The van der Waals surface area contributed by atoms with Crippen molar-refractivity contribution in [3.63, 3.8) is 0 Å². The first kappa shape index (κ1) is 16.1. The van der Waals surface area contributed by atoms with Crippen LogP contribution in [0, 0.1) is 0 Å². The number of hydrogen-bond donors (Lipinski definition) is 1. The van der Waals surface area contributed by atoms with Gasteiger partial charge in [-0.15, -0.1) is 0 Å². The first-order valence-corrected chi connectivity index (χ1v) is 7.83. The van der Waals surface area contributed by atoms with Gasteiger partial charge < -0.3 is 15.5 Å². The SMILES string of the molecule is CC(C)N1CCC(N(C)C(=O)c2cc(N)cc(Cl)c2)CC1. The first-order valence-electron chi connectivity index (χ1n) is 7.45. The lowest BCUT2D eigenvalue weighted by Crippen LogP contribution is -2.47. The van der Waals surface area contributed by atoms with Gasteiger partial charge in [0.25, 0.3) is 5.91 Å².